The lowest BCUT2D eigenvalue weighted by Gasteiger charge is -2.24. The van der Waals surface area contributed by atoms with Gasteiger partial charge in [-0.3, -0.25) is 9.58 Å². The zero-order valence-corrected chi connectivity index (χ0v) is 14.4. The van der Waals surface area contributed by atoms with Gasteiger partial charge in [-0.25, -0.2) is 4.39 Å². The lowest BCUT2D eigenvalue weighted by molar-refractivity contribution is 0.197. The van der Waals surface area contributed by atoms with Gasteiger partial charge < -0.3 is 5.11 Å². The maximum absolute atomic E-state index is 13.3. The first-order chi connectivity index (χ1) is 11.6. The van der Waals surface area contributed by atoms with Gasteiger partial charge in [0.15, 0.2) is 0 Å². The molecule has 2 aromatic rings. The Labute approximate surface area is 142 Å². The molecule has 1 aromatic carbocycles. The third-order valence-electron chi connectivity index (χ3n) is 5.22. The minimum absolute atomic E-state index is 0.168. The van der Waals surface area contributed by atoms with Gasteiger partial charge in [-0.1, -0.05) is 12.1 Å². The van der Waals surface area contributed by atoms with Crippen molar-refractivity contribution in [3.63, 3.8) is 0 Å². The molecule has 5 heteroatoms. The summed E-state index contributed by atoms with van der Waals surface area (Å²) in [5, 5.41) is 14.0. The number of hydrogen-bond acceptors (Lipinski definition) is 3. The minimum Gasteiger partial charge on any atom is -0.396 e. The van der Waals surface area contributed by atoms with E-state index in [1.807, 2.05) is 30.2 Å². The number of likely N-dealkylation sites (tertiary alicyclic amines) is 1. The lowest BCUT2D eigenvalue weighted by Crippen LogP contribution is -2.31. The van der Waals surface area contributed by atoms with Crippen LogP contribution in [-0.2, 0) is 13.5 Å². The van der Waals surface area contributed by atoms with Crippen molar-refractivity contribution in [2.75, 3.05) is 19.7 Å². The largest absolute Gasteiger partial charge is 0.396 e. The van der Waals surface area contributed by atoms with E-state index in [0.29, 0.717) is 12.0 Å². The van der Waals surface area contributed by atoms with Crippen molar-refractivity contribution in [3.05, 3.63) is 53.6 Å². The van der Waals surface area contributed by atoms with Crippen LogP contribution in [0.5, 0.6) is 0 Å². The van der Waals surface area contributed by atoms with E-state index in [0.717, 1.165) is 31.5 Å². The SMILES string of the molecule is CC(CCc1cccc(F)c1)N1C[C@@H](CO)[C@H](c2cnn(C)c2)C1. The van der Waals surface area contributed by atoms with Crippen molar-refractivity contribution in [3.8, 4) is 0 Å². The molecule has 2 heterocycles. The third kappa shape index (κ3) is 3.84. The first kappa shape index (κ1) is 17.1. The van der Waals surface area contributed by atoms with Gasteiger partial charge in [0.25, 0.3) is 0 Å². The molecule has 1 aliphatic heterocycles. The van der Waals surface area contributed by atoms with E-state index in [1.165, 1.54) is 11.6 Å². The van der Waals surface area contributed by atoms with Crippen molar-refractivity contribution < 1.29 is 9.50 Å². The number of nitrogens with zero attached hydrogens (tertiary/aromatic N) is 3. The summed E-state index contributed by atoms with van der Waals surface area (Å²) in [4.78, 5) is 2.44. The molecule has 1 saturated heterocycles. The topological polar surface area (TPSA) is 41.3 Å². The molecule has 1 N–H and O–H groups in total. The van der Waals surface area contributed by atoms with Crippen LogP contribution >= 0.6 is 0 Å². The molecule has 1 unspecified atom stereocenters. The van der Waals surface area contributed by atoms with Crippen LogP contribution in [0.1, 0.15) is 30.4 Å². The second-order valence-corrected chi connectivity index (χ2v) is 6.97. The molecule has 3 atom stereocenters. The van der Waals surface area contributed by atoms with E-state index < -0.39 is 0 Å². The Balaban J connectivity index is 1.60. The van der Waals surface area contributed by atoms with E-state index in [1.54, 1.807) is 12.1 Å². The summed E-state index contributed by atoms with van der Waals surface area (Å²) in [5.41, 5.74) is 2.25. The molecular weight excluding hydrogens is 305 g/mol. The molecule has 0 saturated carbocycles. The van der Waals surface area contributed by atoms with Gasteiger partial charge in [-0.15, -0.1) is 0 Å². The Morgan fingerprint density at radius 1 is 1.38 bits per heavy atom. The fourth-order valence-corrected chi connectivity index (χ4v) is 3.71. The van der Waals surface area contributed by atoms with Crippen LogP contribution in [0.3, 0.4) is 0 Å². The summed E-state index contributed by atoms with van der Waals surface area (Å²) in [6.45, 7) is 4.27. The summed E-state index contributed by atoms with van der Waals surface area (Å²) in [6, 6.07) is 7.26. The first-order valence-corrected chi connectivity index (χ1v) is 8.64. The zero-order chi connectivity index (χ0) is 17.1. The van der Waals surface area contributed by atoms with Gasteiger partial charge in [0.1, 0.15) is 5.82 Å². The molecule has 130 valence electrons. The predicted molar refractivity (Wildman–Crippen MR) is 92.3 cm³/mol. The fraction of sp³-hybridized carbons (Fsp3) is 0.526. The van der Waals surface area contributed by atoms with Gasteiger partial charge in [0, 0.05) is 50.8 Å². The molecular formula is C19H26FN3O. The average molecular weight is 331 g/mol. The predicted octanol–water partition coefficient (Wildman–Crippen LogP) is 2.59. The molecule has 0 aliphatic carbocycles. The highest BCUT2D eigenvalue weighted by atomic mass is 19.1. The van der Waals surface area contributed by atoms with Crippen LogP contribution in [0.25, 0.3) is 0 Å². The Kier molecular flexibility index (Phi) is 5.31. The summed E-state index contributed by atoms with van der Waals surface area (Å²) in [6.07, 6.45) is 5.82. The van der Waals surface area contributed by atoms with Crippen LogP contribution in [0, 0.1) is 11.7 Å². The van der Waals surface area contributed by atoms with Crippen molar-refractivity contribution in [2.24, 2.45) is 13.0 Å². The number of benzene rings is 1. The molecule has 3 rings (SSSR count). The lowest BCUT2D eigenvalue weighted by atomic mass is 9.92. The molecule has 0 radical (unpaired) electrons. The van der Waals surface area contributed by atoms with E-state index in [2.05, 4.69) is 16.9 Å². The minimum atomic E-state index is -0.168. The van der Waals surface area contributed by atoms with E-state index >= 15 is 0 Å². The van der Waals surface area contributed by atoms with Gasteiger partial charge in [-0.05, 0) is 43.0 Å². The molecule has 1 aliphatic rings. The van der Waals surface area contributed by atoms with Gasteiger partial charge >= 0.3 is 0 Å². The number of halogens is 1. The number of hydrogen-bond donors (Lipinski definition) is 1. The van der Waals surface area contributed by atoms with E-state index in [4.69, 9.17) is 0 Å². The Hall–Kier alpha value is -1.72. The standard InChI is InChI=1S/C19H26FN3O/c1-14(6-7-15-4-3-5-18(20)8-15)23-11-17(13-24)19(12-23)16-9-21-22(2)10-16/h3-5,8-10,14,17,19,24H,6-7,11-13H2,1-2H3/t14?,17-,19-/m0/s1. The molecule has 24 heavy (non-hydrogen) atoms. The molecule has 0 spiro atoms. The normalized spacial score (nSPS) is 22.8. The summed E-state index contributed by atoms with van der Waals surface area (Å²) < 4.78 is 15.1. The van der Waals surface area contributed by atoms with Crippen LogP contribution in [0.2, 0.25) is 0 Å². The highest BCUT2D eigenvalue weighted by Crippen LogP contribution is 2.33. The molecule has 1 aromatic heterocycles. The van der Waals surface area contributed by atoms with Crippen LogP contribution in [-0.4, -0.2) is 45.5 Å². The third-order valence-corrected chi connectivity index (χ3v) is 5.22. The maximum Gasteiger partial charge on any atom is 0.123 e. The number of rotatable bonds is 6. The Bertz CT molecular complexity index is 672. The molecule has 1 fully saturated rings. The van der Waals surface area contributed by atoms with E-state index in [-0.39, 0.29) is 18.3 Å². The Morgan fingerprint density at radius 3 is 2.88 bits per heavy atom. The zero-order valence-electron chi connectivity index (χ0n) is 14.4. The quantitative estimate of drug-likeness (QED) is 0.884. The van der Waals surface area contributed by atoms with E-state index in [9.17, 15) is 9.50 Å². The molecule has 0 amide bonds. The average Bonchev–Trinajstić information content (AvgIpc) is 3.18. The van der Waals surface area contributed by atoms with Crippen molar-refractivity contribution in [1.82, 2.24) is 14.7 Å². The number of aryl methyl sites for hydroxylation is 2. The number of aliphatic hydroxyl groups is 1. The summed E-state index contributed by atoms with van der Waals surface area (Å²) >= 11 is 0. The Morgan fingerprint density at radius 2 is 2.21 bits per heavy atom. The summed E-state index contributed by atoms with van der Waals surface area (Å²) in [7, 11) is 1.92. The van der Waals surface area contributed by atoms with Crippen LogP contribution < -0.4 is 0 Å². The van der Waals surface area contributed by atoms with Gasteiger partial charge in [-0.2, -0.15) is 5.10 Å². The van der Waals surface area contributed by atoms with Gasteiger partial charge in [0.2, 0.25) is 0 Å². The van der Waals surface area contributed by atoms with Crippen LogP contribution in [0.4, 0.5) is 4.39 Å². The number of aromatic nitrogens is 2. The van der Waals surface area contributed by atoms with Crippen molar-refractivity contribution in [2.45, 2.75) is 31.7 Å². The highest BCUT2D eigenvalue weighted by molar-refractivity contribution is 5.18. The van der Waals surface area contributed by atoms with Crippen LogP contribution in [0.15, 0.2) is 36.7 Å². The fourth-order valence-electron chi connectivity index (χ4n) is 3.71. The molecule has 0 bridgehead atoms. The number of aliphatic hydroxyl groups excluding tert-OH is 1. The second-order valence-electron chi connectivity index (χ2n) is 6.97. The summed E-state index contributed by atoms with van der Waals surface area (Å²) in [5.74, 6) is 0.421. The molecule has 4 nitrogen and oxygen atoms in total. The maximum atomic E-state index is 13.3. The monoisotopic (exact) mass is 331 g/mol. The van der Waals surface area contributed by atoms with Crippen molar-refractivity contribution in [1.29, 1.82) is 0 Å². The second kappa shape index (κ2) is 7.45. The van der Waals surface area contributed by atoms with Crippen molar-refractivity contribution >= 4 is 0 Å². The highest BCUT2D eigenvalue weighted by Gasteiger charge is 2.35. The smallest absolute Gasteiger partial charge is 0.123 e. The van der Waals surface area contributed by atoms with Gasteiger partial charge in [0.05, 0.1) is 6.20 Å². The first-order valence-electron chi connectivity index (χ1n) is 8.64.